The van der Waals surface area contributed by atoms with Gasteiger partial charge in [-0.2, -0.15) is 0 Å². The Morgan fingerprint density at radius 3 is 2.57 bits per heavy atom. The summed E-state index contributed by atoms with van der Waals surface area (Å²) in [6.45, 7) is 10.5. The number of nitrogens with zero attached hydrogens (tertiary/aromatic N) is 2. The number of rotatable bonds is 4. The minimum Gasteiger partial charge on any atom is -0.312 e. The molecule has 1 N–H and O–H groups in total. The van der Waals surface area contributed by atoms with E-state index in [0.29, 0.717) is 0 Å². The van der Waals surface area contributed by atoms with Crippen molar-refractivity contribution in [2.45, 2.75) is 39.7 Å². The maximum absolute atomic E-state index is 4.87. The van der Waals surface area contributed by atoms with Crippen LogP contribution in [0.4, 0.5) is 0 Å². The minimum absolute atomic E-state index is 0.0291. The molecule has 0 radical (unpaired) electrons. The summed E-state index contributed by atoms with van der Waals surface area (Å²) >= 11 is 8.73. The summed E-state index contributed by atoms with van der Waals surface area (Å²) in [6.07, 6.45) is 1.81. The highest BCUT2D eigenvalue weighted by Crippen LogP contribution is 2.36. The van der Waals surface area contributed by atoms with Crippen LogP contribution >= 0.6 is 43.2 Å². The third-order valence-electron chi connectivity index (χ3n) is 2.95. The fourth-order valence-corrected chi connectivity index (χ4v) is 4.53. The van der Waals surface area contributed by atoms with Crippen molar-refractivity contribution in [3.8, 4) is 10.7 Å². The molecule has 0 fully saturated rings. The molecule has 0 aliphatic rings. The Bertz CT molecular complexity index is 632. The summed E-state index contributed by atoms with van der Waals surface area (Å²) in [5, 5.41) is 4.36. The van der Waals surface area contributed by atoms with E-state index in [2.05, 4.69) is 69.9 Å². The van der Waals surface area contributed by atoms with Crippen LogP contribution in [-0.2, 0) is 12.0 Å². The Kier molecular flexibility index (Phi) is 5.57. The number of nitrogens with one attached hydrogen (secondary N) is 1. The normalized spacial score (nSPS) is 11.9. The van der Waals surface area contributed by atoms with Crippen molar-refractivity contribution in [2.75, 3.05) is 6.54 Å². The van der Waals surface area contributed by atoms with Gasteiger partial charge in [-0.15, -0.1) is 11.3 Å². The van der Waals surface area contributed by atoms with Gasteiger partial charge in [-0.1, -0.05) is 27.7 Å². The van der Waals surface area contributed by atoms with Gasteiger partial charge in [0.1, 0.15) is 10.7 Å². The van der Waals surface area contributed by atoms with E-state index in [1.165, 1.54) is 4.88 Å². The molecule has 0 amide bonds. The average molecular weight is 433 g/mol. The monoisotopic (exact) mass is 431 g/mol. The average Bonchev–Trinajstić information content (AvgIpc) is 2.80. The Morgan fingerprint density at radius 1 is 1.29 bits per heavy atom. The maximum atomic E-state index is 4.87. The summed E-state index contributed by atoms with van der Waals surface area (Å²) in [4.78, 5) is 10.7. The molecule has 0 atom stereocenters. The van der Waals surface area contributed by atoms with E-state index in [1.807, 2.05) is 12.3 Å². The summed E-state index contributed by atoms with van der Waals surface area (Å²) in [5.41, 5.74) is 2.08. The largest absolute Gasteiger partial charge is 0.312 e. The molecular weight excluding hydrogens is 414 g/mol. The number of halogens is 2. The quantitative estimate of drug-likeness (QED) is 0.726. The Balaban J connectivity index is 2.47. The first-order valence-electron chi connectivity index (χ1n) is 6.85. The zero-order valence-corrected chi connectivity index (χ0v) is 16.6. The molecule has 6 heteroatoms. The van der Waals surface area contributed by atoms with Crippen LogP contribution in [0.25, 0.3) is 10.7 Å². The van der Waals surface area contributed by atoms with Crippen molar-refractivity contribution in [1.82, 2.24) is 15.3 Å². The summed E-state index contributed by atoms with van der Waals surface area (Å²) in [7, 11) is 0. The van der Waals surface area contributed by atoms with Gasteiger partial charge in [0.2, 0.25) is 0 Å². The van der Waals surface area contributed by atoms with Gasteiger partial charge in [0.25, 0.3) is 0 Å². The van der Waals surface area contributed by atoms with E-state index < -0.39 is 0 Å². The van der Waals surface area contributed by atoms with Gasteiger partial charge in [-0.05, 0) is 44.5 Å². The van der Waals surface area contributed by atoms with Gasteiger partial charge in [0.05, 0.1) is 5.69 Å². The lowest BCUT2D eigenvalue weighted by atomic mass is 9.91. The van der Waals surface area contributed by atoms with E-state index in [1.54, 1.807) is 11.3 Å². The fraction of sp³-hybridized carbons (Fsp3) is 0.467. The van der Waals surface area contributed by atoms with Crippen molar-refractivity contribution in [3.63, 3.8) is 0 Å². The van der Waals surface area contributed by atoms with Crippen LogP contribution in [0.3, 0.4) is 0 Å². The SMILES string of the molecule is CCNCc1sc(-c2ncc(Br)cc2Br)nc1C(C)(C)C. The van der Waals surface area contributed by atoms with E-state index in [4.69, 9.17) is 4.98 Å². The molecule has 2 aromatic heterocycles. The number of thiazole rings is 1. The predicted octanol–water partition coefficient (Wildman–Crippen LogP) is 5.14. The minimum atomic E-state index is 0.0291. The molecule has 0 aromatic carbocycles. The highest BCUT2D eigenvalue weighted by molar-refractivity contribution is 9.11. The van der Waals surface area contributed by atoms with Gasteiger partial charge < -0.3 is 5.32 Å². The van der Waals surface area contributed by atoms with Gasteiger partial charge in [-0.3, -0.25) is 4.98 Å². The molecule has 0 unspecified atom stereocenters. The van der Waals surface area contributed by atoms with Crippen LogP contribution in [0.5, 0.6) is 0 Å². The second-order valence-electron chi connectivity index (χ2n) is 5.81. The molecule has 0 saturated heterocycles. The molecule has 114 valence electrons. The molecule has 21 heavy (non-hydrogen) atoms. The molecule has 2 aromatic rings. The lowest BCUT2D eigenvalue weighted by Gasteiger charge is -2.17. The van der Waals surface area contributed by atoms with Crippen LogP contribution < -0.4 is 5.32 Å². The van der Waals surface area contributed by atoms with Gasteiger partial charge in [0.15, 0.2) is 0 Å². The molecule has 3 nitrogen and oxygen atoms in total. The van der Waals surface area contributed by atoms with Crippen molar-refractivity contribution in [2.24, 2.45) is 0 Å². The fourth-order valence-electron chi connectivity index (χ4n) is 1.97. The van der Waals surface area contributed by atoms with Gasteiger partial charge in [0, 0.05) is 32.0 Å². The van der Waals surface area contributed by atoms with Crippen molar-refractivity contribution in [3.05, 3.63) is 31.8 Å². The highest BCUT2D eigenvalue weighted by Gasteiger charge is 2.24. The standard InChI is InChI=1S/C15H19Br2N3S/c1-5-18-8-11-13(15(2,3)4)20-14(21-11)12-10(17)6-9(16)7-19-12/h6-7,18H,5,8H2,1-4H3. The van der Waals surface area contributed by atoms with E-state index in [9.17, 15) is 0 Å². The first-order chi connectivity index (χ1) is 9.82. The van der Waals surface area contributed by atoms with Crippen molar-refractivity contribution >= 4 is 43.2 Å². The van der Waals surface area contributed by atoms with Gasteiger partial charge in [-0.25, -0.2) is 4.98 Å². The molecule has 0 spiro atoms. The van der Waals surface area contributed by atoms with Crippen LogP contribution in [-0.4, -0.2) is 16.5 Å². The third-order valence-corrected chi connectivity index (χ3v) is 5.05. The molecule has 2 rings (SSSR count). The zero-order valence-electron chi connectivity index (χ0n) is 12.6. The van der Waals surface area contributed by atoms with Crippen molar-refractivity contribution in [1.29, 1.82) is 0 Å². The summed E-state index contributed by atoms with van der Waals surface area (Å²) in [6, 6.07) is 2.00. The maximum Gasteiger partial charge on any atom is 0.143 e. The Morgan fingerprint density at radius 2 is 2.00 bits per heavy atom. The smallest absolute Gasteiger partial charge is 0.143 e. The number of hydrogen-bond acceptors (Lipinski definition) is 4. The highest BCUT2D eigenvalue weighted by atomic mass is 79.9. The van der Waals surface area contributed by atoms with E-state index in [-0.39, 0.29) is 5.41 Å². The molecule has 0 bridgehead atoms. The number of aromatic nitrogens is 2. The molecule has 0 aliphatic heterocycles. The number of pyridine rings is 1. The van der Waals surface area contributed by atoms with E-state index in [0.717, 1.165) is 38.4 Å². The topological polar surface area (TPSA) is 37.8 Å². The number of hydrogen-bond donors (Lipinski definition) is 1. The third kappa shape index (κ3) is 4.12. The first kappa shape index (κ1) is 17.1. The predicted molar refractivity (Wildman–Crippen MR) is 96.8 cm³/mol. The molecular formula is C15H19Br2N3S. The molecule has 0 saturated carbocycles. The van der Waals surface area contributed by atoms with E-state index >= 15 is 0 Å². The van der Waals surface area contributed by atoms with Crippen molar-refractivity contribution < 1.29 is 0 Å². The lowest BCUT2D eigenvalue weighted by Crippen LogP contribution is -2.18. The van der Waals surface area contributed by atoms with Crippen LogP contribution in [0.15, 0.2) is 21.2 Å². The molecule has 2 heterocycles. The Labute approximate surface area is 146 Å². The van der Waals surface area contributed by atoms with Crippen LogP contribution in [0, 0.1) is 0 Å². The molecule has 0 aliphatic carbocycles. The van der Waals surface area contributed by atoms with Gasteiger partial charge >= 0.3 is 0 Å². The summed E-state index contributed by atoms with van der Waals surface area (Å²) < 4.78 is 1.92. The van der Waals surface area contributed by atoms with Crippen LogP contribution in [0.2, 0.25) is 0 Å². The van der Waals surface area contributed by atoms with Crippen LogP contribution in [0.1, 0.15) is 38.3 Å². The second-order valence-corrected chi connectivity index (χ2v) is 8.66. The lowest BCUT2D eigenvalue weighted by molar-refractivity contribution is 0.561. The Hall–Kier alpha value is -0.300. The zero-order chi connectivity index (χ0) is 15.6. The first-order valence-corrected chi connectivity index (χ1v) is 9.25. The summed E-state index contributed by atoms with van der Waals surface area (Å²) in [5.74, 6) is 0. The second kappa shape index (κ2) is 6.86.